The summed E-state index contributed by atoms with van der Waals surface area (Å²) in [6, 6.07) is 0. The molecule has 0 aliphatic rings. The maximum atomic E-state index is 12.5. The summed E-state index contributed by atoms with van der Waals surface area (Å²) in [5.74, 6) is -1.48. The minimum atomic E-state index is -3.75. The van der Waals surface area contributed by atoms with Crippen molar-refractivity contribution in [3.63, 3.8) is 0 Å². The number of carboxylic acids is 1. The molecule has 0 aliphatic carbocycles. The number of carboxylic acid groups (broad SMARTS) is 1. The molecular weight excluding hydrogens is 206 g/mol. The summed E-state index contributed by atoms with van der Waals surface area (Å²) in [6.07, 6.45) is 0.966. The van der Waals surface area contributed by atoms with Gasteiger partial charge in [0.25, 0.3) is 0 Å². The highest BCUT2D eigenvalue weighted by molar-refractivity contribution is 6.22. The number of carbonyl (C=O) groups is 1. The van der Waals surface area contributed by atoms with Crippen molar-refractivity contribution >= 4 is 17.6 Å². The first-order chi connectivity index (χ1) is 5.82. The molecule has 1 aromatic heterocycles. The number of rotatable bonds is 2. The van der Waals surface area contributed by atoms with Crippen LogP contribution in [0.4, 0.5) is 8.78 Å². The van der Waals surface area contributed by atoms with E-state index >= 15 is 0 Å². The molecular formula is C6H5ClF2N2O2. The van der Waals surface area contributed by atoms with Crippen LogP contribution < -0.4 is 0 Å². The number of hydrogen-bond donors (Lipinski definition) is 1. The molecule has 1 rings (SSSR count). The molecule has 0 bridgehead atoms. The van der Waals surface area contributed by atoms with Gasteiger partial charge in [0.05, 0.1) is 0 Å². The predicted molar refractivity (Wildman–Crippen MR) is 39.9 cm³/mol. The maximum Gasteiger partial charge on any atom is 0.367 e. The first-order valence-electron chi connectivity index (χ1n) is 3.16. The van der Waals surface area contributed by atoms with Crippen molar-refractivity contribution in [2.75, 3.05) is 0 Å². The van der Waals surface area contributed by atoms with E-state index in [9.17, 15) is 13.6 Å². The third-order valence-corrected chi connectivity index (χ3v) is 1.51. The van der Waals surface area contributed by atoms with Crippen LogP contribution in [0.1, 0.15) is 16.1 Å². The summed E-state index contributed by atoms with van der Waals surface area (Å²) < 4.78 is 26.0. The summed E-state index contributed by atoms with van der Waals surface area (Å²) in [5.41, 5.74) is -1.54. The molecule has 0 radical (unpaired) electrons. The van der Waals surface area contributed by atoms with Crippen LogP contribution >= 0.6 is 11.6 Å². The first kappa shape index (κ1) is 9.91. The van der Waals surface area contributed by atoms with Gasteiger partial charge in [0, 0.05) is 13.2 Å². The van der Waals surface area contributed by atoms with Crippen LogP contribution in [-0.2, 0) is 12.4 Å². The smallest absolute Gasteiger partial charge is 0.367 e. The van der Waals surface area contributed by atoms with E-state index in [-0.39, 0.29) is 0 Å². The standard InChI is InChI=1S/C6H5ClF2N2O2/c1-11-2-3(5(12)13)4(10-11)6(7,8)9/h2H,1H3,(H,12,13). The van der Waals surface area contributed by atoms with E-state index in [0.29, 0.717) is 0 Å². The molecule has 0 saturated heterocycles. The van der Waals surface area contributed by atoms with Crippen LogP contribution in [0, 0.1) is 0 Å². The van der Waals surface area contributed by atoms with Crippen molar-refractivity contribution in [1.29, 1.82) is 0 Å². The Kier molecular flexibility index (Phi) is 2.25. The minimum Gasteiger partial charge on any atom is -0.478 e. The van der Waals surface area contributed by atoms with Crippen molar-refractivity contribution < 1.29 is 18.7 Å². The molecule has 7 heteroatoms. The fourth-order valence-corrected chi connectivity index (χ4v) is 0.994. The summed E-state index contributed by atoms with van der Waals surface area (Å²) in [5, 5.41) is 8.00. The third-order valence-electron chi connectivity index (χ3n) is 1.33. The fourth-order valence-electron chi connectivity index (χ4n) is 0.854. The first-order valence-corrected chi connectivity index (χ1v) is 3.54. The van der Waals surface area contributed by atoms with Gasteiger partial charge in [0.2, 0.25) is 0 Å². The van der Waals surface area contributed by atoms with Gasteiger partial charge in [-0.1, -0.05) is 0 Å². The Morgan fingerprint density at radius 3 is 2.62 bits per heavy atom. The Hall–Kier alpha value is -1.17. The van der Waals surface area contributed by atoms with Gasteiger partial charge in [0.1, 0.15) is 5.56 Å². The van der Waals surface area contributed by atoms with Gasteiger partial charge in [-0.2, -0.15) is 13.9 Å². The number of aromatic nitrogens is 2. The third kappa shape index (κ3) is 1.95. The lowest BCUT2D eigenvalue weighted by Gasteiger charge is -2.03. The number of hydrogen-bond acceptors (Lipinski definition) is 2. The molecule has 0 unspecified atom stereocenters. The Bertz CT molecular complexity index is 345. The SMILES string of the molecule is Cn1cc(C(=O)O)c(C(F)(F)Cl)n1. The zero-order valence-corrected chi connectivity index (χ0v) is 7.22. The summed E-state index contributed by atoms with van der Waals surface area (Å²) >= 11 is 4.65. The lowest BCUT2D eigenvalue weighted by molar-refractivity contribution is 0.0653. The van der Waals surface area contributed by atoms with E-state index in [0.717, 1.165) is 10.9 Å². The lowest BCUT2D eigenvalue weighted by Crippen LogP contribution is -2.10. The van der Waals surface area contributed by atoms with Crippen LogP contribution in [0.5, 0.6) is 0 Å². The number of aryl methyl sites for hydroxylation is 1. The van der Waals surface area contributed by atoms with Crippen LogP contribution in [0.25, 0.3) is 0 Å². The predicted octanol–water partition coefficient (Wildman–Crippen LogP) is 1.41. The highest BCUT2D eigenvalue weighted by Gasteiger charge is 2.36. The van der Waals surface area contributed by atoms with Gasteiger partial charge in [-0.3, -0.25) is 4.68 Å². The van der Waals surface area contributed by atoms with Gasteiger partial charge >= 0.3 is 11.4 Å². The molecule has 4 nitrogen and oxygen atoms in total. The second-order valence-corrected chi connectivity index (χ2v) is 2.84. The van der Waals surface area contributed by atoms with E-state index in [1.54, 1.807) is 0 Å². The average Bonchev–Trinajstić information content (AvgIpc) is 2.29. The molecule has 0 saturated carbocycles. The summed E-state index contributed by atoms with van der Waals surface area (Å²) in [7, 11) is 1.33. The van der Waals surface area contributed by atoms with Crippen LogP contribution in [-0.4, -0.2) is 20.9 Å². The van der Waals surface area contributed by atoms with Crippen molar-refractivity contribution in [3.8, 4) is 0 Å². The second kappa shape index (κ2) is 2.95. The van der Waals surface area contributed by atoms with Crippen LogP contribution in [0.2, 0.25) is 0 Å². The van der Waals surface area contributed by atoms with Crippen molar-refractivity contribution in [3.05, 3.63) is 17.5 Å². The topological polar surface area (TPSA) is 55.1 Å². The maximum absolute atomic E-state index is 12.5. The molecule has 0 amide bonds. The average molecular weight is 211 g/mol. The van der Waals surface area contributed by atoms with Gasteiger partial charge in [-0.05, 0) is 11.6 Å². The molecule has 1 aromatic rings. The number of nitrogens with zero attached hydrogens (tertiary/aromatic N) is 2. The molecule has 0 aliphatic heterocycles. The minimum absolute atomic E-state index is 0.595. The molecule has 1 heterocycles. The van der Waals surface area contributed by atoms with E-state index < -0.39 is 22.6 Å². The van der Waals surface area contributed by atoms with Crippen LogP contribution in [0.15, 0.2) is 6.20 Å². The van der Waals surface area contributed by atoms with E-state index in [2.05, 4.69) is 16.7 Å². The van der Waals surface area contributed by atoms with Crippen molar-refractivity contribution in [2.45, 2.75) is 5.38 Å². The second-order valence-electron chi connectivity index (χ2n) is 2.37. The lowest BCUT2D eigenvalue weighted by atomic mass is 10.2. The van der Waals surface area contributed by atoms with Gasteiger partial charge in [0.15, 0.2) is 5.69 Å². The Balaban J connectivity index is 3.28. The highest BCUT2D eigenvalue weighted by Crippen LogP contribution is 2.33. The van der Waals surface area contributed by atoms with Crippen LogP contribution in [0.3, 0.4) is 0 Å². The Morgan fingerprint density at radius 2 is 2.31 bits per heavy atom. The molecule has 1 N–H and O–H groups in total. The molecule has 13 heavy (non-hydrogen) atoms. The quantitative estimate of drug-likeness (QED) is 0.751. The van der Waals surface area contributed by atoms with Crippen molar-refractivity contribution in [2.24, 2.45) is 7.05 Å². The van der Waals surface area contributed by atoms with E-state index in [1.165, 1.54) is 7.05 Å². The summed E-state index contributed by atoms with van der Waals surface area (Å²) in [4.78, 5) is 10.4. The van der Waals surface area contributed by atoms with Gasteiger partial charge in [-0.15, -0.1) is 0 Å². The van der Waals surface area contributed by atoms with Crippen molar-refractivity contribution in [1.82, 2.24) is 9.78 Å². The summed E-state index contributed by atoms with van der Waals surface area (Å²) in [6.45, 7) is 0. The normalized spacial score (nSPS) is 11.7. The zero-order chi connectivity index (χ0) is 10.2. The van der Waals surface area contributed by atoms with Gasteiger partial charge in [-0.25, -0.2) is 4.79 Å². The van der Waals surface area contributed by atoms with E-state index in [4.69, 9.17) is 5.11 Å². The molecule has 0 atom stereocenters. The molecule has 0 aromatic carbocycles. The van der Waals surface area contributed by atoms with E-state index in [1.807, 2.05) is 0 Å². The molecule has 0 fully saturated rings. The monoisotopic (exact) mass is 210 g/mol. The number of halogens is 3. The zero-order valence-electron chi connectivity index (χ0n) is 6.46. The Morgan fingerprint density at radius 1 is 1.77 bits per heavy atom. The number of aromatic carboxylic acids is 1. The van der Waals surface area contributed by atoms with Gasteiger partial charge < -0.3 is 5.11 Å². The molecule has 0 spiro atoms. The highest BCUT2D eigenvalue weighted by atomic mass is 35.5. The number of alkyl halides is 3. The largest absolute Gasteiger partial charge is 0.478 e. The fraction of sp³-hybridized carbons (Fsp3) is 0.333. The molecule has 72 valence electrons. The Labute approximate surface area is 76.7 Å².